The van der Waals surface area contributed by atoms with E-state index in [1.165, 1.54) is 12.1 Å². The first-order valence-electron chi connectivity index (χ1n) is 5.45. The van der Waals surface area contributed by atoms with Gasteiger partial charge in [0.1, 0.15) is 5.82 Å². The van der Waals surface area contributed by atoms with Gasteiger partial charge in [0.15, 0.2) is 6.04 Å². The molecule has 18 heavy (non-hydrogen) atoms. The smallest absolute Gasteiger partial charge is 0.331 e. The summed E-state index contributed by atoms with van der Waals surface area (Å²) in [6.07, 6.45) is 1.91. The Morgan fingerprint density at radius 3 is 2.67 bits per heavy atom. The maximum atomic E-state index is 13.8. The second kappa shape index (κ2) is 4.94. The van der Waals surface area contributed by atoms with Crippen molar-refractivity contribution in [3.63, 3.8) is 0 Å². The molecule has 1 fully saturated rings. The summed E-state index contributed by atoms with van der Waals surface area (Å²) in [6.45, 7) is 0. The normalized spacial score (nSPS) is 16.1. The minimum absolute atomic E-state index is 0.00917. The summed E-state index contributed by atoms with van der Waals surface area (Å²) in [6, 6.07) is 2.42. The molecular formula is C12H11ClFNO3. The number of hydrogen-bond donors (Lipinski definition) is 1. The Morgan fingerprint density at radius 1 is 1.56 bits per heavy atom. The molecule has 0 bridgehead atoms. The Morgan fingerprint density at radius 2 is 2.22 bits per heavy atom. The van der Waals surface area contributed by atoms with Gasteiger partial charge in [0.05, 0.1) is 0 Å². The first kappa shape index (κ1) is 12.8. The number of rotatable bonds is 5. The number of halogens is 2. The molecule has 4 nitrogen and oxygen atoms in total. The van der Waals surface area contributed by atoms with Crippen molar-refractivity contribution in [1.29, 1.82) is 0 Å². The van der Waals surface area contributed by atoms with Crippen molar-refractivity contribution in [2.24, 2.45) is 0 Å². The molecule has 96 valence electrons. The van der Waals surface area contributed by atoms with Gasteiger partial charge in [-0.25, -0.2) is 9.18 Å². The molecule has 1 aromatic rings. The van der Waals surface area contributed by atoms with Gasteiger partial charge in [0.25, 0.3) is 0 Å². The van der Waals surface area contributed by atoms with Crippen LogP contribution in [0.2, 0.25) is 5.02 Å². The van der Waals surface area contributed by atoms with Crippen LogP contribution in [0.4, 0.5) is 4.39 Å². The van der Waals surface area contributed by atoms with Crippen molar-refractivity contribution in [2.45, 2.75) is 24.9 Å². The maximum absolute atomic E-state index is 13.8. The fourth-order valence-electron chi connectivity index (χ4n) is 1.90. The zero-order valence-corrected chi connectivity index (χ0v) is 10.1. The summed E-state index contributed by atoms with van der Waals surface area (Å²) in [5, 5.41) is 9.24. The second-order valence-electron chi connectivity index (χ2n) is 4.16. The highest BCUT2D eigenvalue weighted by molar-refractivity contribution is 6.31. The van der Waals surface area contributed by atoms with Crippen molar-refractivity contribution in [2.75, 3.05) is 0 Å². The molecule has 0 aromatic heterocycles. The molecule has 1 aromatic carbocycles. The summed E-state index contributed by atoms with van der Waals surface area (Å²) >= 11 is 5.85. The molecule has 1 saturated carbocycles. The van der Waals surface area contributed by atoms with Gasteiger partial charge in [-0.05, 0) is 25.0 Å². The zero-order valence-electron chi connectivity index (χ0n) is 9.35. The molecule has 0 spiro atoms. The number of hydrogen-bond acceptors (Lipinski definition) is 2. The summed E-state index contributed by atoms with van der Waals surface area (Å²) < 4.78 is 13.8. The lowest BCUT2D eigenvalue weighted by atomic mass is 10.0. The Balaban J connectivity index is 2.46. The SMILES string of the molecule is O=CN(C1CC1)C(C(=O)O)c1c(F)cccc1Cl. The van der Waals surface area contributed by atoms with Gasteiger partial charge in [-0.3, -0.25) is 4.79 Å². The second-order valence-corrected chi connectivity index (χ2v) is 4.57. The van der Waals surface area contributed by atoms with Crippen LogP contribution in [0.3, 0.4) is 0 Å². The predicted molar refractivity (Wildman–Crippen MR) is 62.7 cm³/mol. The zero-order chi connectivity index (χ0) is 13.3. The number of carbonyl (C=O) groups excluding carboxylic acids is 1. The van der Waals surface area contributed by atoms with Crippen LogP contribution in [-0.4, -0.2) is 28.4 Å². The lowest BCUT2D eigenvalue weighted by Gasteiger charge is -2.26. The number of aliphatic carboxylic acids is 1. The van der Waals surface area contributed by atoms with E-state index in [2.05, 4.69) is 0 Å². The molecule has 0 radical (unpaired) electrons. The number of carboxylic acid groups (broad SMARTS) is 1. The van der Waals surface area contributed by atoms with Crippen molar-refractivity contribution < 1.29 is 19.1 Å². The minimum atomic E-state index is -1.37. The molecule has 1 amide bonds. The van der Waals surface area contributed by atoms with E-state index in [4.69, 9.17) is 11.6 Å². The molecule has 1 N–H and O–H groups in total. The quantitative estimate of drug-likeness (QED) is 0.836. The van der Waals surface area contributed by atoms with E-state index in [0.717, 1.165) is 23.8 Å². The van der Waals surface area contributed by atoms with E-state index in [1.54, 1.807) is 0 Å². The third kappa shape index (κ3) is 2.31. The summed E-state index contributed by atoms with van der Waals surface area (Å²) in [5.41, 5.74) is -0.161. The number of carbonyl (C=O) groups is 2. The van der Waals surface area contributed by atoms with Gasteiger partial charge < -0.3 is 10.0 Å². The van der Waals surface area contributed by atoms with Crippen molar-refractivity contribution >= 4 is 24.0 Å². The molecule has 1 aliphatic carbocycles. The van der Waals surface area contributed by atoms with Gasteiger partial charge in [0, 0.05) is 16.6 Å². The average molecular weight is 272 g/mol. The molecule has 0 saturated heterocycles. The topological polar surface area (TPSA) is 57.6 Å². The highest BCUT2D eigenvalue weighted by Crippen LogP contribution is 2.36. The van der Waals surface area contributed by atoms with E-state index in [1.807, 2.05) is 0 Å². The largest absolute Gasteiger partial charge is 0.479 e. The van der Waals surface area contributed by atoms with Crippen LogP contribution in [0.15, 0.2) is 18.2 Å². The molecule has 0 aliphatic heterocycles. The molecule has 1 unspecified atom stereocenters. The number of nitrogens with zero attached hydrogens (tertiary/aromatic N) is 1. The van der Waals surface area contributed by atoms with Gasteiger partial charge in [-0.1, -0.05) is 17.7 Å². The predicted octanol–water partition coefficient (Wildman–Crippen LogP) is 2.23. The van der Waals surface area contributed by atoms with E-state index < -0.39 is 17.8 Å². The van der Waals surface area contributed by atoms with Crippen molar-refractivity contribution in [1.82, 2.24) is 4.90 Å². The van der Waals surface area contributed by atoms with Crippen molar-refractivity contribution in [3.8, 4) is 0 Å². The highest BCUT2D eigenvalue weighted by Gasteiger charge is 2.39. The monoisotopic (exact) mass is 271 g/mol. The first-order valence-corrected chi connectivity index (χ1v) is 5.83. The van der Waals surface area contributed by atoms with Crippen LogP contribution < -0.4 is 0 Å². The van der Waals surface area contributed by atoms with Crippen LogP contribution in [0.25, 0.3) is 0 Å². The Bertz CT molecular complexity index is 470. The lowest BCUT2D eigenvalue weighted by Crippen LogP contribution is -2.35. The maximum Gasteiger partial charge on any atom is 0.331 e. The van der Waals surface area contributed by atoms with Gasteiger partial charge in [0.2, 0.25) is 6.41 Å². The molecular weight excluding hydrogens is 261 g/mol. The van der Waals surface area contributed by atoms with Crippen molar-refractivity contribution in [3.05, 3.63) is 34.6 Å². The molecule has 1 aliphatic rings. The fraction of sp³-hybridized carbons (Fsp3) is 0.333. The summed E-state index contributed by atoms with van der Waals surface area (Å²) in [7, 11) is 0. The lowest BCUT2D eigenvalue weighted by molar-refractivity contribution is -0.147. The number of benzene rings is 1. The Kier molecular flexibility index (Phi) is 3.52. The molecule has 0 heterocycles. The Hall–Kier alpha value is -1.62. The highest BCUT2D eigenvalue weighted by atomic mass is 35.5. The molecule has 1 atom stereocenters. The van der Waals surface area contributed by atoms with Crippen LogP contribution in [-0.2, 0) is 9.59 Å². The summed E-state index contributed by atoms with van der Waals surface area (Å²) in [4.78, 5) is 23.5. The van der Waals surface area contributed by atoms with Gasteiger partial charge in [-0.15, -0.1) is 0 Å². The van der Waals surface area contributed by atoms with E-state index in [9.17, 15) is 19.1 Å². The number of amides is 1. The van der Waals surface area contributed by atoms with E-state index in [0.29, 0.717) is 6.41 Å². The average Bonchev–Trinajstić information content (AvgIpc) is 3.11. The van der Waals surface area contributed by atoms with Gasteiger partial charge >= 0.3 is 5.97 Å². The summed E-state index contributed by atoms with van der Waals surface area (Å²) in [5.74, 6) is -2.01. The van der Waals surface area contributed by atoms with Crippen LogP contribution in [0, 0.1) is 5.82 Å². The molecule has 6 heteroatoms. The van der Waals surface area contributed by atoms with Crippen LogP contribution in [0.5, 0.6) is 0 Å². The number of carboxylic acids is 1. The van der Waals surface area contributed by atoms with Crippen LogP contribution in [0.1, 0.15) is 24.4 Å². The van der Waals surface area contributed by atoms with E-state index in [-0.39, 0.29) is 16.6 Å². The third-order valence-electron chi connectivity index (χ3n) is 2.90. The van der Waals surface area contributed by atoms with Crippen LogP contribution >= 0.6 is 11.6 Å². The van der Waals surface area contributed by atoms with Gasteiger partial charge in [-0.2, -0.15) is 0 Å². The van der Waals surface area contributed by atoms with E-state index >= 15 is 0 Å². The standard InChI is InChI=1S/C12H11ClFNO3/c13-8-2-1-3-9(14)10(8)11(12(17)18)15(6-16)7-4-5-7/h1-3,6-7,11H,4-5H2,(H,17,18). The minimum Gasteiger partial charge on any atom is -0.479 e. The first-order chi connectivity index (χ1) is 8.56. The molecule has 2 rings (SSSR count). The fourth-order valence-corrected chi connectivity index (χ4v) is 2.17. The Labute approximate surface area is 108 Å². The third-order valence-corrected chi connectivity index (χ3v) is 3.23.